The number of H-pyrrole nitrogens is 1. The molecule has 1 heterocycles. The van der Waals surface area contributed by atoms with Crippen LogP contribution in [0.3, 0.4) is 0 Å². The quantitative estimate of drug-likeness (QED) is 0.710. The fraction of sp³-hybridized carbons (Fsp3) is 0.211. The minimum absolute atomic E-state index is 0.217. The van der Waals surface area contributed by atoms with Crippen molar-refractivity contribution in [2.45, 2.75) is 26.4 Å². The number of anilines is 1. The first-order chi connectivity index (χ1) is 11.6. The van der Waals surface area contributed by atoms with Crippen LogP contribution in [-0.4, -0.2) is 16.0 Å². The SMILES string of the molecule is CC(C)N(Cc1cnc[nH]1)c1ccc(F)c(Oc2ccccc2)c1. The van der Waals surface area contributed by atoms with E-state index in [0.717, 1.165) is 11.4 Å². The number of imidazole rings is 1. The van der Waals surface area contributed by atoms with Gasteiger partial charge in [0.25, 0.3) is 0 Å². The van der Waals surface area contributed by atoms with E-state index in [-0.39, 0.29) is 17.6 Å². The van der Waals surface area contributed by atoms with E-state index >= 15 is 0 Å². The fourth-order valence-electron chi connectivity index (χ4n) is 2.49. The van der Waals surface area contributed by atoms with Gasteiger partial charge in [0.1, 0.15) is 5.75 Å². The van der Waals surface area contributed by atoms with Crippen LogP contribution in [0.2, 0.25) is 0 Å². The fourth-order valence-corrected chi connectivity index (χ4v) is 2.49. The summed E-state index contributed by atoms with van der Waals surface area (Å²) in [6.07, 6.45) is 3.45. The number of nitrogens with one attached hydrogen (secondary N) is 1. The maximum absolute atomic E-state index is 14.1. The number of nitrogens with zero attached hydrogens (tertiary/aromatic N) is 2. The minimum Gasteiger partial charge on any atom is -0.454 e. The average molecular weight is 325 g/mol. The molecule has 0 saturated heterocycles. The molecule has 5 heteroatoms. The lowest BCUT2D eigenvalue weighted by molar-refractivity contribution is 0.442. The summed E-state index contributed by atoms with van der Waals surface area (Å²) < 4.78 is 19.8. The van der Waals surface area contributed by atoms with Crippen LogP contribution < -0.4 is 9.64 Å². The maximum Gasteiger partial charge on any atom is 0.165 e. The molecular formula is C19H20FN3O. The largest absolute Gasteiger partial charge is 0.454 e. The van der Waals surface area contributed by atoms with E-state index in [0.29, 0.717) is 12.3 Å². The third kappa shape index (κ3) is 3.74. The number of rotatable bonds is 6. The van der Waals surface area contributed by atoms with E-state index in [4.69, 9.17) is 4.74 Å². The lowest BCUT2D eigenvalue weighted by Gasteiger charge is -2.29. The molecule has 0 fully saturated rings. The van der Waals surface area contributed by atoms with Crippen molar-refractivity contribution in [2.24, 2.45) is 0 Å². The van der Waals surface area contributed by atoms with Gasteiger partial charge in [-0.1, -0.05) is 18.2 Å². The van der Waals surface area contributed by atoms with Crippen LogP contribution in [0.4, 0.5) is 10.1 Å². The molecule has 0 spiro atoms. The molecule has 24 heavy (non-hydrogen) atoms. The second-order valence-corrected chi connectivity index (χ2v) is 5.83. The smallest absolute Gasteiger partial charge is 0.165 e. The molecule has 3 aromatic rings. The molecule has 0 unspecified atom stereocenters. The Hall–Kier alpha value is -2.82. The number of hydrogen-bond donors (Lipinski definition) is 1. The number of benzene rings is 2. The summed E-state index contributed by atoms with van der Waals surface area (Å²) in [5.74, 6) is 0.444. The Kier molecular flexibility index (Phi) is 4.79. The van der Waals surface area contributed by atoms with Gasteiger partial charge in [-0.05, 0) is 38.1 Å². The van der Waals surface area contributed by atoms with E-state index in [1.54, 1.807) is 36.8 Å². The Labute approximate surface area is 140 Å². The number of ether oxygens (including phenoxy) is 1. The average Bonchev–Trinajstić information content (AvgIpc) is 3.09. The molecule has 0 amide bonds. The van der Waals surface area contributed by atoms with Gasteiger partial charge in [-0.3, -0.25) is 0 Å². The zero-order valence-electron chi connectivity index (χ0n) is 13.7. The number of hydrogen-bond acceptors (Lipinski definition) is 3. The van der Waals surface area contributed by atoms with Crippen LogP contribution in [0, 0.1) is 5.82 Å². The van der Waals surface area contributed by atoms with Gasteiger partial charge in [-0.25, -0.2) is 9.37 Å². The van der Waals surface area contributed by atoms with E-state index in [1.807, 2.05) is 18.2 Å². The van der Waals surface area contributed by atoms with Crippen LogP contribution in [-0.2, 0) is 6.54 Å². The summed E-state index contributed by atoms with van der Waals surface area (Å²) >= 11 is 0. The van der Waals surface area contributed by atoms with Gasteiger partial charge in [-0.2, -0.15) is 0 Å². The highest BCUT2D eigenvalue weighted by atomic mass is 19.1. The molecule has 2 aromatic carbocycles. The van der Waals surface area contributed by atoms with Crippen molar-refractivity contribution in [3.8, 4) is 11.5 Å². The van der Waals surface area contributed by atoms with Gasteiger partial charge in [-0.15, -0.1) is 0 Å². The Morgan fingerprint density at radius 1 is 1.17 bits per heavy atom. The molecule has 0 aliphatic rings. The van der Waals surface area contributed by atoms with Crippen LogP contribution in [0.25, 0.3) is 0 Å². The van der Waals surface area contributed by atoms with Crippen LogP contribution in [0.15, 0.2) is 61.1 Å². The zero-order valence-corrected chi connectivity index (χ0v) is 13.7. The van der Waals surface area contributed by atoms with E-state index in [2.05, 4.69) is 28.7 Å². The van der Waals surface area contributed by atoms with Crippen molar-refractivity contribution >= 4 is 5.69 Å². The summed E-state index contributed by atoms with van der Waals surface area (Å²) in [7, 11) is 0. The molecule has 0 atom stereocenters. The molecular weight excluding hydrogens is 305 g/mol. The second kappa shape index (κ2) is 7.17. The van der Waals surface area contributed by atoms with E-state index < -0.39 is 0 Å². The number of halogens is 1. The predicted molar refractivity (Wildman–Crippen MR) is 92.8 cm³/mol. The standard InChI is InChI=1S/C19H20FN3O/c1-14(2)23(12-15-11-21-13-22-15)16-8-9-18(20)19(10-16)24-17-6-4-3-5-7-17/h3-11,13-14H,12H2,1-2H3,(H,21,22). The molecule has 1 N–H and O–H groups in total. The van der Waals surface area contributed by atoms with Crippen molar-refractivity contribution in [1.82, 2.24) is 9.97 Å². The maximum atomic E-state index is 14.1. The predicted octanol–water partition coefficient (Wildman–Crippen LogP) is 4.76. The number of para-hydroxylation sites is 1. The topological polar surface area (TPSA) is 41.2 Å². The Morgan fingerprint density at radius 2 is 1.96 bits per heavy atom. The molecule has 4 nitrogen and oxygen atoms in total. The van der Waals surface area contributed by atoms with Crippen molar-refractivity contribution < 1.29 is 9.13 Å². The van der Waals surface area contributed by atoms with Crippen LogP contribution >= 0.6 is 0 Å². The lowest BCUT2D eigenvalue weighted by Crippen LogP contribution is -2.30. The molecule has 0 radical (unpaired) electrons. The minimum atomic E-state index is -0.382. The summed E-state index contributed by atoms with van der Waals surface area (Å²) in [6.45, 7) is 4.85. The molecule has 0 bridgehead atoms. The third-order valence-corrected chi connectivity index (χ3v) is 3.74. The third-order valence-electron chi connectivity index (χ3n) is 3.74. The van der Waals surface area contributed by atoms with Gasteiger partial charge >= 0.3 is 0 Å². The summed E-state index contributed by atoms with van der Waals surface area (Å²) in [4.78, 5) is 9.31. The summed E-state index contributed by atoms with van der Waals surface area (Å²) in [5.41, 5.74) is 1.89. The van der Waals surface area contributed by atoms with Crippen LogP contribution in [0.1, 0.15) is 19.5 Å². The monoisotopic (exact) mass is 325 g/mol. The zero-order chi connectivity index (χ0) is 16.9. The molecule has 124 valence electrons. The molecule has 0 aliphatic heterocycles. The Bertz CT molecular complexity index is 773. The van der Waals surface area contributed by atoms with Gasteiger partial charge < -0.3 is 14.6 Å². The highest BCUT2D eigenvalue weighted by molar-refractivity contribution is 5.53. The highest BCUT2D eigenvalue weighted by Crippen LogP contribution is 2.30. The number of aromatic nitrogens is 2. The second-order valence-electron chi connectivity index (χ2n) is 5.83. The Morgan fingerprint density at radius 3 is 2.62 bits per heavy atom. The number of aromatic amines is 1. The van der Waals surface area contributed by atoms with E-state index in [1.165, 1.54) is 6.07 Å². The van der Waals surface area contributed by atoms with Gasteiger partial charge in [0.05, 0.1) is 18.6 Å². The van der Waals surface area contributed by atoms with Gasteiger partial charge in [0.2, 0.25) is 0 Å². The van der Waals surface area contributed by atoms with Gasteiger partial charge in [0.15, 0.2) is 11.6 Å². The van der Waals surface area contributed by atoms with Gasteiger partial charge in [0, 0.05) is 24.0 Å². The summed E-state index contributed by atoms with van der Waals surface area (Å²) in [6, 6.07) is 14.4. The lowest BCUT2D eigenvalue weighted by atomic mass is 10.2. The molecule has 1 aromatic heterocycles. The van der Waals surface area contributed by atoms with Crippen molar-refractivity contribution in [3.05, 3.63) is 72.6 Å². The molecule has 0 aliphatic carbocycles. The first kappa shape index (κ1) is 16.1. The Balaban J connectivity index is 1.87. The normalized spacial score (nSPS) is 10.8. The highest BCUT2D eigenvalue weighted by Gasteiger charge is 2.15. The van der Waals surface area contributed by atoms with Crippen molar-refractivity contribution in [2.75, 3.05) is 4.90 Å². The molecule has 0 saturated carbocycles. The first-order valence-corrected chi connectivity index (χ1v) is 7.90. The van der Waals surface area contributed by atoms with Crippen LogP contribution in [0.5, 0.6) is 11.5 Å². The summed E-state index contributed by atoms with van der Waals surface area (Å²) in [5, 5.41) is 0. The van der Waals surface area contributed by atoms with Crippen molar-refractivity contribution in [3.63, 3.8) is 0 Å². The van der Waals surface area contributed by atoms with E-state index in [9.17, 15) is 4.39 Å². The first-order valence-electron chi connectivity index (χ1n) is 7.90. The molecule has 3 rings (SSSR count). The van der Waals surface area contributed by atoms with Crippen molar-refractivity contribution in [1.29, 1.82) is 0 Å².